The van der Waals surface area contributed by atoms with E-state index in [9.17, 15) is 18.0 Å². The fraction of sp³-hybridized carbons (Fsp3) is 0.167. The zero-order valence-electron chi connectivity index (χ0n) is 17.0. The van der Waals surface area contributed by atoms with E-state index in [0.29, 0.717) is 0 Å². The lowest BCUT2D eigenvalue weighted by Crippen LogP contribution is -2.26. The number of hydrogen-bond acceptors (Lipinski definition) is 3. The van der Waals surface area contributed by atoms with Gasteiger partial charge in [-0.25, -0.2) is 4.79 Å². The minimum absolute atomic E-state index is 0.0215. The van der Waals surface area contributed by atoms with E-state index in [-0.39, 0.29) is 43.8 Å². The Bertz CT molecular complexity index is 1220. The van der Waals surface area contributed by atoms with Crippen molar-refractivity contribution < 1.29 is 27.8 Å². The summed E-state index contributed by atoms with van der Waals surface area (Å²) in [6.45, 7) is 1.43. The number of nitriles is 1. The molecule has 0 aliphatic carbocycles. The van der Waals surface area contributed by atoms with E-state index in [1.165, 1.54) is 67.6 Å². The van der Waals surface area contributed by atoms with Crippen LogP contribution in [0.25, 0.3) is 0 Å². The second kappa shape index (κ2) is 9.74. The highest BCUT2D eigenvalue weighted by Gasteiger charge is 2.45. The van der Waals surface area contributed by atoms with E-state index >= 15 is 0 Å². The molecule has 3 aromatic rings. The molecule has 0 radical (unpaired) electrons. The van der Waals surface area contributed by atoms with Crippen LogP contribution < -0.4 is 4.74 Å². The number of benzene rings is 3. The van der Waals surface area contributed by atoms with Gasteiger partial charge in [0.25, 0.3) is 0 Å². The molecule has 4 nitrogen and oxygen atoms in total. The number of halogens is 5. The van der Waals surface area contributed by atoms with Crippen LogP contribution in [0.5, 0.6) is 11.5 Å². The normalized spacial score (nSPS) is 13.1. The second-order valence-corrected chi connectivity index (χ2v) is 8.09. The summed E-state index contributed by atoms with van der Waals surface area (Å²) in [5, 5.41) is 18.0. The maximum absolute atomic E-state index is 14.0. The summed E-state index contributed by atoms with van der Waals surface area (Å²) in [4.78, 5) is 11.1. The van der Waals surface area contributed by atoms with Crippen LogP contribution in [0.2, 0.25) is 10.0 Å². The Labute approximate surface area is 197 Å². The molecular weight excluding hydrogens is 478 g/mol. The summed E-state index contributed by atoms with van der Waals surface area (Å²) in [5.74, 6) is -3.56. The smallest absolute Gasteiger partial charge is 0.396 e. The van der Waals surface area contributed by atoms with Gasteiger partial charge in [0, 0.05) is 11.1 Å². The lowest BCUT2D eigenvalue weighted by Gasteiger charge is -2.28. The second-order valence-electron chi connectivity index (χ2n) is 7.27. The van der Waals surface area contributed by atoms with E-state index in [2.05, 4.69) is 0 Å². The molecule has 0 amide bonds. The number of carbonyl (C=O) groups is 1. The van der Waals surface area contributed by atoms with Crippen molar-refractivity contribution in [2.75, 3.05) is 0 Å². The largest absolute Gasteiger partial charge is 0.478 e. The number of aromatic carboxylic acids is 1. The average Bonchev–Trinajstić information content (AvgIpc) is 2.73. The molecule has 2 unspecified atom stereocenters. The number of hydrogen-bond donors (Lipinski definition) is 1. The monoisotopic (exact) mass is 493 g/mol. The zero-order valence-corrected chi connectivity index (χ0v) is 18.5. The standard InChI is InChI=1S/C24H16Cl2F3NO3/c1-13(22(24(27,28)29)15-4-2-14(12-30)3-5-15)18-8-6-16(10-20(18)25)33-17-7-9-19(23(31)32)21(26)11-17/h2-11,13,22H,1H3,(H,31,32). The lowest BCUT2D eigenvalue weighted by molar-refractivity contribution is -0.154. The van der Waals surface area contributed by atoms with Crippen LogP contribution in [-0.4, -0.2) is 17.3 Å². The molecule has 0 aromatic heterocycles. The van der Waals surface area contributed by atoms with Crippen molar-refractivity contribution >= 4 is 29.2 Å². The average molecular weight is 494 g/mol. The Morgan fingerprint density at radius 2 is 1.58 bits per heavy atom. The Balaban J connectivity index is 1.88. The Morgan fingerprint density at radius 3 is 2.06 bits per heavy atom. The van der Waals surface area contributed by atoms with Gasteiger partial charge in [-0.15, -0.1) is 0 Å². The van der Waals surface area contributed by atoms with Crippen molar-refractivity contribution in [1.29, 1.82) is 5.26 Å². The molecule has 0 aliphatic rings. The highest BCUT2D eigenvalue weighted by Crippen LogP contribution is 2.46. The zero-order chi connectivity index (χ0) is 24.3. The van der Waals surface area contributed by atoms with Gasteiger partial charge in [-0.1, -0.05) is 48.3 Å². The topological polar surface area (TPSA) is 70.3 Å². The van der Waals surface area contributed by atoms with Gasteiger partial charge in [0.1, 0.15) is 11.5 Å². The SMILES string of the molecule is CC(c1ccc(Oc2ccc(C(=O)O)c(Cl)c2)cc1Cl)C(c1ccc(C#N)cc1)C(F)(F)F. The van der Waals surface area contributed by atoms with Crippen molar-refractivity contribution in [3.05, 3.63) is 93.0 Å². The number of alkyl halides is 3. The number of ether oxygens (including phenoxy) is 1. The van der Waals surface area contributed by atoms with Crippen LogP contribution in [-0.2, 0) is 0 Å². The molecule has 0 spiro atoms. The third-order valence-corrected chi connectivity index (χ3v) is 5.76. The van der Waals surface area contributed by atoms with E-state index in [4.69, 9.17) is 38.3 Å². The summed E-state index contributed by atoms with van der Waals surface area (Å²) in [7, 11) is 0. The first-order chi connectivity index (χ1) is 15.5. The third kappa shape index (κ3) is 5.59. The van der Waals surface area contributed by atoms with Gasteiger partial charge < -0.3 is 9.84 Å². The maximum atomic E-state index is 14.0. The number of carboxylic acid groups (broad SMARTS) is 1. The van der Waals surface area contributed by atoms with Crippen LogP contribution in [0.15, 0.2) is 60.7 Å². The van der Waals surface area contributed by atoms with Crippen molar-refractivity contribution in [2.24, 2.45) is 0 Å². The van der Waals surface area contributed by atoms with Crippen molar-refractivity contribution in [2.45, 2.75) is 24.9 Å². The summed E-state index contributed by atoms with van der Waals surface area (Å²) >= 11 is 12.3. The summed E-state index contributed by atoms with van der Waals surface area (Å²) < 4.78 is 47.5. The van der Waals surface area contributed by atoms with Gasteiger partial charge in [0.2, 0.25) is 0 Å². The van der Waals surface area contributed by atoms with E-state index in [0.717, 1.165) is 0 Å². The third-order valence-electron chi connectivity index (χ3n) is 5.12. The van der Waals surface area contributed by atoms with Gasteiger partial charge in [-0.3, -0.25) is 0 Å². The molecule has 0 saturated heterocycles. The highest BCUT2D eigenvalue weighted by atomic mass is 35.5. The fourth-order valence-electron chi connectivity index (χ4n) is 3.52. The lowest BCUT2D eigenvalue weighted by atomic mass is 9.82. The fourth-order valence-corrected chi connectivity index (χ4v) is 4.11. The van der Waals surface area contributed by atoms with Gasteiger partial charge in [-0.05, 0) is 53.4 Å². The van der Waals surface area contributed by atoms with E-state index in [1.54, 1.807) is 0 Å². The molecule has 1 N–H and O–H groups in total. The van der Waals surface area contributed by atoms with Crippen molar-refractivity contribution in [3.63, 3.8) is 0 Å². The summed E-state index contributed by atoms with van der Waals surface area (Å²) in [6.07, 6.45) is -4.55. The molecule has 0 fully saturated rings. The van der Waals surface area contributed by atoms with E-state index in [1.807, 2.05) is 6.07 Å². The molecule has 0 aliphatic heterocycles. The van der Waals surface area contributed by atoms with Crippen LogP contribution in [0.4, 0.5) is 13.2 Å². The van der Waals surface area contributed by atoms with Crippen molar-refractivity contribution in [3.8, 4) is 17.6 Å². The molecular formula is C24H16Cl2F3NO3. The molecule has 3 aromatic carbocycles. The first-order valence-electron chi connectivity index (χ1n) is 9.58. The summed E-state index contributed by atoms with van der Waals surface area (Å²) in [5.41, 5.74) is 0.476. The predicted octanol–water partition coefficient (Wildman–Crippen LogP) is 7.81. The van der Waals surface area contributed by atoms with Gasteiger partial charge in [0.15, 0.2) is 0 Å². The quantitative estimate of drug-likeness (QED) is 0.380. The number of carboxylic acids is 1. The molecule has 9 heteroatoms. The van der Waals surface area contributed by atoms with Gasteiger partial charge in [-0.2, -0.15) is 18.4 Å². The minimum Gasteiger partial charge on any atom is -0.478 e. The van der Waals surface area contributed by atoms with Crippen molar-refractivity contribution in [1.82, 2.24) is 0 Å². The van der Waals surface area contributed by atoms with Gasteiger partial charge in [0.05, 0.1) is 28.1 Å². The molecule has 0 bridgehead atoms. The number of rotatable bonds is 6. The van der Waals surface area contributed by atoms with Crippen LogP contribution in [0, 0.1) is 11.3 Å². The molecule has 0 heterocycles. The Morgan fingerprint density at radius 1 is 1.00 bits per heavy atom. The van der Waals surface area contributed by atoms with Crippen LogP contribution in [0.1, 0.15) is 45.8 Å². The molecule has 33 heavy (non-hydrogen) atoms. The highest BCUT2D eigenvalue weighted by molar-refractivity contribution is 6.33. The maximum Gasteiger partial charge on any atom is 0.396 e. The Hall–Kier alpha value is -3.21. The predicted molar refractivity (Wildman–Crippen MR) is 118 cm³/mol. The molecule has 0 saturated carbocycles. The molecule has 2 atom stereocenters. The van der Waals surface area contributed by atoms with Gasteiger partial charge >= 0.3 is 12.1 Å². The Kier molecular flexibility index (Phi) is 7.21. The van der Waals surface area contributed by atoms with E-state index < -0.39 is 24.0 Å². The first kappa shape index (κ1) is 24.4. The first-order valence-corrected chi connectivity index (χ1v) is 10.3. The molecule has 3 rings (SSSR count). The molecule has 170 valence electrons. The van der Waals surface area contributed by atoms with Crippen LogP contribution in [0.3, 0.4) is 0 Å². The summed E-state index contributed by atoms with van der Waals surface area (Å²) in [6, 6.07) is 15.5. The number of nitrogens with zero attached hydrogens (tertiary/aromatic N) is 1. The van der Waals surface area contributed by atoms with Crippen LogP contribution >= 0.6 is 23.2 Å². The minimum atomic E-state index is -4.55.